The molecule has 29 heavy (non-hydrogen) atoms. The molecule has 0 saturated heterocycles. The molecule has 0 aliphatic carbocycles. The number of hydrogen-bond acceptors (Lipinski definition) is 7. The largest absolute Gasteiger partial charge is 1.00 e. The Morgan fingerprint density at radius 2 is 1.48 bits per heavy atom. The van der Waals surface area contributed by atoms with Crippen molar-refractivity contribution in [1.29, 1.82) is 0 Å². The van der Waals surface area contributed by atoms with Crippen molar-refractivity contribution in [2.45, 2.75) is 4.90 Å². The quantitative estimate of drug-likeness (QED) is 0.210. The molecule has 1 heterocycles. The van der Waals surface area contributed by atoms with Crippen LogP contribution < -0.4 is 64.2 Å². The van der Waals surface area contributed by atoms with E-state index in [4.69, 9.17) is 0 Å². The SMILES string of the molecule is O=S(=O)([O-])c1cc(N=Nc2cccc3ccccc23)c([O-])c2ncccc12.[Na+].[Na+]. The first-order valence-corrected chi connectivity index (χ1v) is 9.30. The maximum atomic E-state index is 12.6. The van der Waals surface area contributed by atoms with Gasteiger partial charge in [-0.1, -0.05) is 48.2 Å². The zero-order valence-corrected chi connectivity index (χ0v) is 20.6. The molecule has 3 aromatic carbocycles. The van der Waals surface area contributed by atoms with E-state index in [0.717, 1.165) is 16.8 Å². The molecular weight excluding hydrogens is 412 g/mol. The molecule has 0 radical (unpaired) electrons. The Morgan fingerprint density at radius 1 is 0.828 bits per heavy atom. The van der Waals surface area contributed by atoms with E-state index in [1.807, 2.05) is 30.3 Å². The van der Waals surface area contributed by atoms with Crippen LogP contribution in [-0.4, -0.2) is 18.0 Å². The minimum atomic E-state index is -4.82. The van der Waals surface area contributed by atoms with E-state index >= 15 is 0 Å². The average Bonchev–Trinajstić information content (AvgIpc) is 2.66. The molecule has 0 bridgehead atoms. The summed E-state index contributed by atoms with van der Waals surface area (Å²) >= 11 is 0. The summed E-state index contributed by atoms with van der Waals surface area (Å²) in [4.78, 5) is 3.36. The third kappa shape index (κ3) is 4.87. The number of azo groups is 1. The smallest absolute Gasteiger partial charge is 0.869 e. The van der Waals surface area contributed by atoms with E-state index in [2.05, 4.69) is 15.2 Å². The van der Waals surface area contributed by atoms with Crippen molar-refractivity contribution in [3.05, 3.63) is 66.9 Å². The topological polar surface area (TPSA) is 118 Å². The average molecular weight is 423 g/mol. The van der Waals surface area contributed by atoms with Crippen molar-refractivity contribution in [1.82, 2.24) is 4.98 Å². The van der Waals surface area contributed by atoms with Crippen molar-refractivity contribution in [2.24, 2.45) is 10.2 Å². The number of rotatable bonds is 3. The zero-order valence-electron chi connectivity index (χ0n) is 15.7. The summed E-state index contributed by atoms with van der Waals surface area (Å²) in [5.74, 6) is -0.595. The molecule has 0 aliphatic heterocycles. The molecule has 4 rings (SSSR count). The maximum Gasteiger partial charge on any atom is 1.00 e. The minimum Gasteiger partial charge on any atom is -0.869 e. The van der Waals surface area contributed by atoms with Crippen LogP contribution in [-0.2, 0) is 10.1 Å². The number of benzene rings is 3. The maximum absolute atomic E-state index is 12.6. The Kier molecular flexibility index (Phi) is 7.94. The van der Waals surface area contributed by atoms with Gasteiger partial charge in [0.15, 0.2) is 0 Å². The van der Waals surface area contributed by atoms with E-state index in [0.29, 0.717) is 5.69 Å². The molecule has 0 atom stereocenters. The van der Waals surface area contributed by atoms with Crippen LogP contribution in [0.15, 0.2) is 82.0 Å². The van der Waals surface area contributed by atoms with Crippen LogP contribution in [0.2, 0.25) is 0 Å². The molecular formula is C19H11N3Na2O4S. The Labute approximate surface area is 211 Å². The Hall–Kier alpha value is -1.36. The second-order valence-corrected chi connectivity index (χ2v) is 7.12. The second kappa shape index (κ2) is 9.63. The molecule has 0 N–H and O–H groups in total. The first-order valence-electron chi connectivity index (χ1n) is 7.89. The van der Waals surface area contributed by atoms with Gasteiger partial charge in [-0.3, -0.25) is 4.98 Å². The van der Waals surface area contributed by atoms with Gasteiger partial charge < -0.3 is 9.66 Å². The Balaban J connectivity index is 0.00000150. The van der Waals surface area contributed by atoms with Gasteiger partial charge in [-0.15, -0.1) is 5.11 Å². The summed E-state index contributed by atoms with van der Waals surface area (Å²) in [6.07, 6.45) is 1.34. The van der Waals surface area contributed by atoms with E-state index in [1.54, 1.807) is 12.1 Å². The molecule has 1 aromatic heterocycles. The van der Waals surface area contributed by atoms with Crippen LogP contribution in [0, 0.1) is 0 Å². The predicted molar refractivity (Wildman–Crippen MR) is 97.3 cm³/mol. The Morgan fingerprint density at radius 3 is 2.24 bits per heavy atom. The van der Waals surface area contributed by atoms with Gasteiger partial charge in [0.1, 0.15) is 10.1 Å². The van der Waals surface area contributed by atoms with Crippen LogP contribution in [0.1, 0.15) is 0 Å². The van der Waals surface area contributed by atoms with Crippen molar-refractivity contribution in [2.75, 3.05) is 0 Å². The predicted octanol–water partition coefficient (Wildman–Crippen LogP) is -2.21. The monoisotopic (exact) mass is 423 g/mol. The zero-order chi connectivity index (χ0) is 19.0. The second-order valence-electron chi connectivity index (χ2n) is 5.77. The van der Waals surface area contributed by atoms with Gasteiger partial charge in [-0.2, -0.15) is 5.11 Å². The van der Waals surface area contributed by atoms with Crippen LogP contribution in [0.3, 0.4) is 0 Å². The normalized spacial score (nSPS) is 11.3. The molecule has 0 amide bonds. The van der Waals surface area contributed by atoms with E-state index in [1.165, 1.54) is 18.3 Å². The van der Waals surface area contributed by atoms with Gasteiger partial charge in [-0.05, 0) is 23.6 Å². The molecule has 10 heteroatoms. The third-order valence-electron chi connectivity index (χ3n) is 4.09. The number of aromatic nitrogens is 1. The van der Waals surface area contributed by atoms with E-state index in [9.17, 15) is 18.1 Å². The van der Waals surface area contributed by atoms with Crippen molar-refractivity contribution in [3.63, 3.8) is 0 Å². The van der Waals surface area contributed by atoms with Crippen LogP contribution in [0.25, 0.3) is 21.7 Å². The Bertz CT molecular complexity index is 1320. The van der Waals surface area contributed by atoms with Crippen molar-refractivity contribution < 1.29 is 77.2 Å². The first kappa shape index (κ1) is 23.9. The number of hydrogen-bond donors (Lipinski definition) is 0. The summed E-state index contributed by atoms with van der Waals surface area (Å²) < 4.78 is 34.8. The van der Waals surface area contributed by atoms with Gasteiger partial charge >= 0.3 is 59.1 Å². The minimum absolute atomic E-state index is 0. The number of fused-ring (bicyclic) bond motifs is 2. The standard InChI is InChI=1S/C19H13N3O4S.2Na/c23-19-16(11-17(27(24,25)26)14-8-4-10-20-18(14)19)22-21-15-9-3-6-12-5-1-2-7-13(12)15;;/h1-11,23H,(H,24,25,26);;/q;2*+1/p-2. The molecule has 0 spiro atoms. The van der Waals surface area contributed by atoms with Gasteiger partial charge in [0.05, 0.1) is 21.8 Å². The summed E-state index contributed by atoms with van der Waals surface area (Å²) in [5.41, 5.74) is 0.116. The molecule has 0 unspecified atom stereocenters. The molecule has 4 aromatic rings. The van der Waals surface area contributed by atoms with Gasteiger partial charge in [-0.25, -0.2) is 8.42 Å². The molecule has 134 valence electrons. The molecule has 0 fully saturated rings. The number of nitrogens with zero attached hydrogens (tertiary/aromatic N) is 3. The van der Waals surface area contributed by atoms with Crippen molar-refractivity contribution >= 4 is 43.2 Å². The molecule has 0 saturated carbocycles. The summed E-state index contributed by atoms with van der Waals surface area (Å²) in [5, 5.41) is 22.3. The molecule has 7 nitrogen and oxygen atoms in total. The van der Waals surface area contributed by atoms with E-state index < -0.39 is 20.8 Å². The van der Waals surface area contributed by atoms with Crippen molar-refractivity contribution in [3.8, 4) is 5.75 Å². The fourth-order valence-electron chi connectivity index (χ4n) is 2.86. The number of pyridine rings is 1. The van der Waals surface area contributed by atoms with Gasteiger partial charge in [0, 0.05) is 17.0 Å². The third-order valence-corrected chi connectivity index (χ3v) is 4.97. The molecule has 0 aliphatic rings. The summed E-state index contributed by atoms with van der Waals surface area (Å²) in [6.45, 7) is 0. The summed E-state index contributed by atoms with van der Waals surface area (Å²) in [7, 11) is -4.82. The van der Waals surface area contributed by atoms with E-state index in [-0.39, 0.29) is 75.7 Å². The fourth-order valence-corrected chi connectivity index (χ4v) is 3.55. The van der Waals surface area contributed by atoms with Gasteiger partial charge in [0.25, 0.3) is 0 Å². The van der Waals surface area contributed by atoms with Crippen LogP contribution >= 0.6 is 0 Å². The van der Waals surface area contributed by atoms with Gasteiger partial charge in [0.2, 0.25) is 0 Å². The van der Waals surface area contributed by atoms with Crippen LogP contribution in [0.4, 0.5) is 11.4 Å². The van der Waals surface area contributed by atoms with Crippen LogP contribution in [0.5, 0.6) is 5.75 Å². The fraction of sp³-hybridized carbons (Fsp3) is 0. The summed E-state index contributed by atoms with van der Waals surface area (Å²) in [6, 6.07) is 16.7. The first-order chi connectivity index (χ1) is 12.9.